The van der Waals surface area contributed by atoms with Crippen LogP contribution in [0.25, 0.3) is 0 Å². The quantitative estimate of drug-likeness (QED) is 0.742. The number of hydrogen-bond donors (Lipinski definition) is 2. The highest BCUT2D eigenvalue weighted by Gasteiger charge is 2.22. The summed E-state index contributed by atoms with van der Waals surface area (Å²) in [6.07, 6.45) is 4.85. The first-order chi connectivity index (χ1) is 8.11. The first-order valence-corrected chi connectivity index (χ1v) is 7.13. The molecule has 2 nitrogen and oxygen atoms in total. The Bertz CT molecular complexity index is 341. The molecule has 0 saturated carbocycles. The van der Waals surface area contributed by atoms with E-state index in [0.717, 1.165) is 16.6 Å². The maximum atomic E-state index is 5.91. The second kappa shape index (κ2) is 7.02. The van der Waals surface area contributed by atoms with Crippen LogP contribution in [0, 0.1) is 0 Å². The van der Waals surface area contributed by atoms with E-state index in [1.807, 2.05) is 18.2 Å². The molecule has 3 N–H and O–H groups in total. The summed E-state index contributed by atoms with van der Waals surface area (Å²) in [4.78, 5) is 0. The summed E-state index contributed by atoms with van der Waals surface area (Å²) < 4.78 is 1.09. The summed E-state index contributed by atoms with van der Waals surface area (Å²) in [6.45, 7) is 5.07. The molecule has 1 aromatic rings. The SMILES string of the molecule is CCCCCC(C)(CN)Nc1ccccc1Br. The van der Waals surface area contributed by atoms with E-state index in [9.17, 15) is 0 Å². The van der Waals surface area contributed by atoms with E-state index < -0.39 is 0 Å². The highest BCUT2D eigenvalue weighted by molar-refractivity contribution is 9.10. The zero-order valence-corrected chi connectivity index (χ0v) is 12.4. The van der Waals surface area contributed by atoms with E-state index in [2.05, 4.69) is 41.2 Å². The van der Waals surface area contributed by atoms with Crippen LogP contribution in [-0.4, -0.2) is 12.1 Å². The monoisotopic (exact) mass is 298 g/mol. The van der Waals surface area contributed by atoms with Crippen molar-refractivity contribution in [2.45, 2.75) is 45.1 Å². The Hall–Kier alpha value is -0.540. The van der Waals surface area contributed by atoms with Crippen LogP contribution in [0.15, 0.2) is 28.7 Å². The van der Waals surface area contributed by atoms with Gasteiger partial charge in [-0.1, -0.05) is 38.3 Å². The zero-order chi connectivity index (χ0) is 12.7. The summed E-state index contributed by atoms with van der Waals surface area (Å²) in [7, 11) is 0. The van der Waals surface area contributed by atoms with Gasteiger partial charge in [-0.2, -0.15) is 0 Å². The fourth-order valence-corrected chi connectivity index (χ4v) is 2.25. The second-order valence-electron chi connectivity index (χ2n) is 4.83. The molecule has 0 saturated heterocycles. The lowest BCUT2D eigenvalue weighted by Crippen LogP contribution is -2.42. The van der Waals surface area contributed by atoms with Gasteiger partial charge in [-0.15, -0.1) is 0 Å². The number of rotatable bonds is 7. The third-order valence-corrected chi connectivity index (χ3v) is 3.78. The predicted molar refractivity (Wildman–Crippen MR) is 79.4 cm³/mol. The van der Waals surface area contributed by atoms with Crippen LogP contribution in [0.4, 0.5) is 5.69 Å². The maximum absolute atomic E-state index is 5.91. The summed E-state index contributed by atoms with van der Waals surface area (Å²) in [5.41, 5.74) is 7.02. The molecule has 3 heteroatoms. The molecule has 0 radical (unpaired) electrons. The fraction of sp³-hybridized carbons (Fsp3) is 0.571. The van der Waals surface area contributed by atoms with Crippen LogP contribution >= 0.6 is 15.9 Å². The molecule has 17 heavy (non-hydrogen) atoms. The number of hydrogen-bond acceptors (Lipinski definition) is 2. The van der Waals surface area contributed by atoms with Gasteiger partial charge in [0.25, 0.3) is 0 Å². The smallest absolute Gasteiger partial charge is 0.0489 e. The van der Waals surface area contributed by atoms with Crippen LogP contribution < -0.4 is 11.1 Å². The Balaban J connectivity index is 2.65. The first kappa shape index (κ1) is 14.5. The van der Waals surface area contributed by atoms with E-state index in [-0.39, 0.29) is 5.54 Å². The van der Waals surface area contributed by atoms with Gasteiger partial charge in [-0.05, 0) is 41.4 Å². The second-order valence-corrected chi connectivity index (χ2v) is 5.68. The zero-order valence-electron chi connectivity index (χ0n) is 10.8. The molecule has 1 unspecified atom stereocenters. The number of para-hydroxylation sites is 1. The first-order valence-electron chi connectivity index (χ1n) is 6.34. The van der Waals surface area contributed by atoms with Gasteiger partial charge in [0.2, 0.25) is 0 Å². The van der Waals surface area contributed by atoms with Crippen molar-refractivity contribution in [1.29, 1.82) is 0 Å². The molecule has 0 heterocycles. The summed E-state index contributed by atoms with van der Waals surface area (Å²) >= 11 is 3.56. The van der Waals surface area contributed by atoms with Crippen molar-refractivity contribution in [3.8, 4) is 0 Å². The molecule has 0 amide bonds. The minimum Gasteiger partial charge on any atom is -0.378 e. The molecule has 1 aromatic carbocycles. The Morgan fingerprint density at radius 2 is 2.00 bits per heavy atom. The van der Waals surface area contributed by atoms with Crippen molar-refractivity contribution < 1.29 is 0 Å². The molecule has 0 aliphatic rings. The van der Waals surface area contributed by atoms with Gasteiger partial charge in [-0.25, -0.2) is 0 Å². The van der Waals surface area contributed by atoms with Gasteiger partial charge >= 0.3 is 0 Å². The van der Waals surface area contributed by atoms with Crippen molar-refractivity contribution in [3.63, 3.8) is 0 Å². The molecule has 0 fully saturated rings. The summed E-state index contributed by atoms with van der Waals surface area (Å²) in [5, 5.41) is 3.56. The Kier molecular flexibility index (Phi) is 6.00. The molecule has 1 rings (SSSR count). The topological polar surface area (TPSA) is 38.0 Å². The van der Waals surface area contributed by atoms with Crippen LogP contribution in [0.5, 0.6) is 0 Å². The van der Waals surface area contributed by atoms with Crippen molar-refractivity contribution in [1.82, 2.24) is 0 Å². The highest BCUT2D eigenvalue weighted by atomic mass is 79.9. The normalized spacial score (nSPS) is 14.4. The van der Waals surface area contributed by atoms with Gasteiger partial charge < -0.3 is 11.1 Å². The van der Waals surface area contributed by atoms with Crippen molar-refractivity contribution in [3.05, 3.63) is 28.7 Å². The molecular formula is C14H23BrN2. The van der Waals surface area contributed by atoms with E-state index in [1.54, 1.807) is 0 Å². The lowest BCUT2D eigenvalue weighted by molar-refractivity contribution is 0.455. The molecular weight excluding hydrogens is 276 g/mol. The maximum Gasteiger partial charge on any atom is 0.0489 e. The number of halogens is 1. The highest BCUT2D eigenvalue weighted by Crippen LogP contribution is 2.26. The number of benzene rings is 1. The van der Waals surface area contributed by atoms with Gasteiger partial charge in [0.1, 0.15) is 0 Å². The van der Waals surface area contributed by atoms with E-state index >= 15 is 0 Å². The molecule has 0 bridgehead atoms. The molecule has 96 valence electrons. The minimum atomic E-state index is -0.0148. The predicted octanol–water partition coefficient (Wildman–Crippen LogP) is 4.16. The Morgan fingerprint density at radius 3 is 2.59 bits per heavy atom. The van der Waals surface area contributed by atoms with Gasteiger partial charge in [-0.3, -0.25) is 0 Å². The average molecular weight is 299 g/mol. The van der Waals surface area contributed by atoms with Gasteiger partial charge in [0.15, 0.2) is 0 Å². The van der Waals surface area contributed by atoms with Crippen molar-refractivity contribution in [2.24, 2.45) is 5.73 Å². The van der Waals surface area contributed by atoms with E-state index in [4.69, 9.17) is 5.73 Å². The third kappa shape index (κ3) is 4.68. The lowest BCUT2D eigenvalue weighted by atomic mass is 9.94. The molecule has 0 aliphatic carbocycles. The van der Waals surface area contributed by atoms with Gasteiger partial charge in [0, 0.05) is 22.2 Å². The van der Waals surface area contributed by atoms with Crippen molar-refractivity contribution >= 4 is 21.6 Å². The van der Waals surface area contributed by atoms with Crippen LogP contribution in [0.1, 0.15) is 39.5 Å². The van der Waals surface area contributed by atoms with Crippen molar-refractivity contribution in [2.75, 3.05) is 11.9 Å². The lowest BCUT2D eigenvalue weighted by Gasteiger charge is -2.31. The fourth-order valence-electron chi connectivity index (χ4n) is 1.87. The van der Waals surface area contributed by atoms with Crippen LogP contribution in [-0.2, 0) is 0 Å². The largest absolute Gasteiger partial charge is 0.378 e. The summed E-state index contributed by atoms with van der Waals surface area (Å²) in [6, 6.07) is 8.19. The van der Waals surface area contributed by atoms with Crippen LogP contribution in [0.2, 0.25) is 0 Å². The average Bonchev–Trinajstić information content (AvgIpc) is 2.33. The number of nitrogens with one attached hydrogen (secondary N) is 1. The molecule has 0 aliphatic heterocycles. The molecule has 1 atom stereocenters. The van der Waals surface area contributed by atoms with Crippen LogP contribution in [0.3, 0.4) is 0 Å². The number of nitrogens with two attached hydrogens (primary N) is 1. The minimum absolute atomic E-state index is 0.0148. The van der Waals surface area contributed by atoms with E-state index in [1.165, 1.54) is 19.3 Å². The van der Waals surface area contributed by atoms with Gasteiger partial charge in [0.05, 0.1) is 0 Å². The standard InChI is InChI=1S/C14H23BrN2/c1-3-4-7-10-14(2,11-16)17-13-9-6-5-8-12(13)15/h5-6,8-9,17H,3-4,7,10-11,16H2,1-2H3. The Labute approximate surface area is 113 Å². The number of anilines is 1. The molecule has 0 spiro atoms. The molecule has 0 aromatic heterocycles. The third-order valence-electron chi connectivity index (χ3n) is 3.09. The summed E-state index contributed by atoms with van der Waals surface area (Å²) in [5.74, 6) is 0. The number of unbranched alkanes of at least 4 members (excludes halogenated alkanes) is 2. The van der Waals surface area contributed by atoms with E-state index in [0.29, 0.717) is 6.54 Å². The Morgan fingerprint density at radius 1 is 1.29 bits per heavy atom.